The maximum atomic E-state index is 6.24. The molecule has 0 heterocycles. The first kappa shape index (κ1) is 10.2. The Morgan fingerprint density at radius 3 is 2.94 bits per heavy atom. The lowest BCUT2D eigenvalue weighted by molar-refractivity contribution is 0.110. The van der Waals surface area contributed by atoms with Gasteiger partial charge in [-0.15, -0.1) is 0 Å². The van der Waals surface area contributed by atoms with Crippen LogP contribution in [-0.2, 0) is 6.42 Å². The summed E-state index contributed by atoms with van der Waals surface area (Å²) in [4.78, 5) is 0. The maximum absolute atomic E-state index is 6.24. The second kappa shape index (κ2) is 3.49. The summed E-state index contributed by atoms with van der Waals surface area (Å²) in [5.74, 6) is 3.05. The van der Waals surface area contributed by atoms with Crippen molar-refractivity contribution in [2.75, 3.05) is 7.11 Å². The molecule has 0 saturated heterocycles. The van der Waals surface area contributed by atoms with Crippen LogP contribution >= 0.6 is 0 Å². The van der Waals surface area contributed by atoms with Crippen molar-refractivity contribution in [1.82, 2.24) is 0 Å². The Labute approximate surface area is 96.8 Å². The molecule has 2 heteroatoms. The highest BCUT2D eigenvalue weighted by molar-refractivity contribution is 5.45. The molecule has 3 rings (SSSR count). The van der Waals surface area contributed by atoms with Crippen LogP contribution in [0.2, 0.25) is 0 Å². The number of hydrogen-bond acceptors (Lipinski definition) is 2. The van der Waals surface area contributed by atoms with E-state index in [1.54, 1.807) is 7.11 Å². The van der Waals surface area contributed by atoms with Crippen molar-refractivity contribution >= 4 is 0 Å². The Kier molecular flexibility index (Phi) is 2.21. The number of nitrogens with two attached hydrogens (primary N) is 1. The molecule has 0 aromatic heterocycles. The van der Waals surface area contributed by atoms with E-state index in [0.29, 0.717) is 23.8 Å². The topological polar surface area (TPSA) is 35.2 Å². The SMILES string of the molecule is CCC1C(N)C2Cc3ccc(OC)cc3C12. The summed E-state index contributed by atoms with van der Waals surface area (Å²) < 4.78 is 5.31. The zero-order chi connectivity index (χ0) is 11.3. The van der Waals surface area contributed by atoms with Gasteiger partial charge in [0.05, 0.1) is 7.11 Å². The minimum absolute atomic E-state index is 0.411. The third-order valence-corrected chi connectivity index (χ3v) is 4.55. The van der Waals surface area contributed by atoms with Gasteiger partial charge in [-0.3, -0.25) is 0 Å². The highest BCUT2D eigenvalue weighted by Gasteiger charge is 2.51. The molecule has 1 aromatic rings. The minimum Gasteiger partial charge on any atom is -0.497 e. The maximum Gasteiger partial charge on any atom is 0.119 e. The minimum atomic E-state index is 0.411. The standard InChI is InChI=1S/C14H19NO/c1-3-10-13-11-7-9(16-2)5-4-8(11)6-12(13)14(10)15/h4-5,7,10,12-14H,3,6,15H2,1-2H3. The van der Waals surface area contributed by atoms with Crippen LogP contribution in [-0.4, -0.2) is 13.2 Å². The third-order valence-electron chi connectivity index (χ3n) is 4.55. The fraction of sp³-hybridized carbons (Fsp3) is 0.571. The second-order valence-electron chi connectivity index (χ2n) is 5.11. The molecular formula is C14H19NO. The molecule has 0 radical (unpaired) electrons. The van der Waals surface area contributed by atoms with Crippen molar-refractivity contribution in [2.24, 2.45) is 17.6 Å². The third kappa shape index (κ3) is 1.17. The van der Waals surface area contributed by atoms with E-state index in [1.165, 1.54) is 24.0 Å². The van der Waals surface area contributed by atoms with Gasteiger partial charge in [-0.25, -0.2) is 0 Å². The molecule has 4 atom stereocenters. The van der Waals surface area contributed by atoms with E-state index in [2.05, 4.69) is 25.1 Å². The predicted octanol–water partition coefficient (Wildman–Crippen LogP) is 2.32. The van der Waals surface area contributed by atoms with Gasteiger partial charge in [-0.2, -0.15) is 0 Å². The fourth-order valence-electron chi connectivity index (χ4n) is 3.67. The first-order valence-electron chi connectivity index (χ1n) is 6.18. The van der Waals surface area contributed by atoms with Crippen LogP contribution in [0.1, 0.15) is 30.4 Å². The van der Waals surface area contributed by atoms with Gasteiger partial charge >= 0.3 is 0 Å². The Bertz CT molecular complexity index is 409. The molecule has 0 spiro atoms. The molecule has 1 fully saturated rings. The van der Waals surface area contributed by atoms with E-state index < -0.39 is 0 Å². The molecule has 4 unspecified atom stereocenters. The van der Waals surface area contributed by atoms with Crippen LogP contribution in [0.15, 0.2) is 18.2 Å². The monoisotopic (exact) mass is 217 g/mol. The molecule has 0 amide bonds. The summed E-state index contributed by atoms with van der Waals surface area (Å²) in [6, 6.07) is 6.91. The molecule has 1 saturated carbocycles. The van der Waals surface area contributed by atoms with Gasteiger partial charge in [-0.1, -0.05) is 19.4 Å². The van der Waals surface area contributed by atoms with Crippen molar-refractivity contribution in [3.63, 3.8) is 0 Å². The largest absolute Gasteiger partial charge is 0.497 e. The van der Waals surface area contributed by atoms with E-state index in [9.17, 15) is 0 Å². The molecule has 2 aliphatic carbocycles. The highest BCUT2D eigenvalue weighted by Crippen LogP contribution is 2.55. The lowest BCUT2D eigenvalue weighted by Gasteiger charge is -2.47. The van der Waals surface area contributed by atoms with Gasteiger partial charge in [0.15, 0.2) is 0 Å². The summed E-state index contributed by atoms with van der Waals surface area (Å²) in [5.41, 5.74) is 9.22. The number of rotatable bonds is 2. The van der Waals surface area contributed by atoms with Crippen molar-refractivity contribution in [3.05, 3.63) is 29.3 Å². The number of hydrogen-bond donors (Lipinski definition) is 1. The quantitative estimate of drug-likeness (QED) is 0.825. The summed E-state index contributed by atoms with van der Waals surface area (Å²) in [6.07, 6.45) is 2.36. The van der Waals surface area contributed by atoms with Crippen LogP contribution in [0, 0.1) is 11.8 Å². The number of methoxy groups -OCH3 is 1. The Balaban J connectivity index is 1.98. The summed E-state index contributed by atoms with van der Waals surface area (Å²) in [7, 11) is 1.73. The van der Waals surface area contributed by atoms with E-state index in [0.717, 1.165) is 5.75 Å². The molecule has 0 aliphatic heterocycles. The normalized spacial score (nSPS) is 35.2. The molecular weight excluding hydrogens is 198 g/mol. The summed E-state index contributed by atoms with van der Waals surface area (Å²) in [5, 5.41) is 0. The molecule has 2 N–H and O–H groups in total. The van der Waals surface area contributed by atoms with Crippen molar-refractivity contribution in [2.45, 2.75) is 31.7 Å². The predicted molar refractivity (Wildman–Crippen MR) is 64.7 cm³/mol. The molecule has 2 nitrogen and oxygen atoms in total. The second-order valence-corrected chi connectivity index (χ2v) is 5.11. The first-order chi connectivity index (χ1) is 7.76. The smallest absolute Gasteiger partial charge is 0.119 e. The van der Waals surface area contributed by atoms with Gasteiger partial charge in [0.2, 0.25) is 0 Å². The summed E-state index contributed by atoms with van der Waals surface area (Å²) >= 11 is 0. The zero-order valence-corrected chi connectivity index (χ0v) is 9.94. The Hall–Kier alpha value is -1.02. The number of ether oxygens (including phenoxy) is 1. The van der Waals surface area contributed by atoms with Crippen LogP contribution in [0.3, 0.4) is 0 Å². The van der Waals surface area contributed by atoms with Gasteiger partial charge in [-0.05, 0) is 47.4 Å². The summed E-state index contributed by atoms with van der Waals surface area (Å²) in [6.45, 7) is 2.25. The lowest BCUT2D eigenvalue weighted by atomic mass is 9.60. The number of benzene rings is 1. The van der Waals surface area contributed by atoms with Crippen LogP contribution in [0.25, 0.3) is 0 Å². The average molecular weight is 217 g/mol. The van der Waals surface area contributed by atoms with Crippen LogP contribution in [0.5, 0.6) is 5.75 Å². The highest BCUT2D eigenvalue weighted by atomic mass is 16.5. The molecule has 16 heavy (non-hydrogen) atoms. The molecule has 86 valence electrons. The zero-order valence-electron chi connectivity index (χ0n) is 9.94. The van der Waals surface area contributed by atoms with E-state index in [1.807, 2.05) is 0 Å². The van der Waals surface area contributed by atoms with E-state index in [-0.39, 0.29) is 0 Å². The van der Waals surface area contributed by atoms with Gasteiger partial charge < -0.3 is 10.5 Å². The van der Waals surface area contributed by atoms with Gasteiger partial charge in [0.25, 0.3) is 0 Å². The van der Waals surface area contributed by atoms with Gasteiger partial charge in [0.1, 0.15) is 5.75 Å². The van der Waals surface area contributed by atoms with Crippen LogP contribution < -0.4 is 10.5 Å². The van der Waals surface area contributed by atoms with Crippen molar-refractivity contribution in [3.8, 4) is 5.75 Å². The average Bonchev–Trinajstić information content (AvgIpc) is 2.64. The Morgan fingerprint density at radius 2 is 2.25 bits per heavy atom. The molecule has 1 aromatic carbocycles. The van der Waals surface area contributed by atoms with E-state index >= 15 is 0 Å². The molecule has 0 bridgehead atoms. The van der Waals surface area contributed by atoms with Gasteiger partial charge in [0, 0.05) is 6.04 Å². The van der Waals surface area contributed by atoms with Crippen LogP contribution in [0.4, 0.5) is 0 Å². The molecule has 2 aliphatic rings. The van der Waals surface area contributed by atoms with Crippen molar-refractivity contribution in [1.29, 1.82) is 0 Å². The fourth-order valence-corrected chi connectivity index (χ4v) is 3.67. The number of fused-ring (bicyclic) bond motifs is 3. The van der Waals surface area contributed by atoms with E-state index in [4.69, 9.17) is 10.5 Å². The first-order valence-corrected chi connectivity index (χ1v) is 6.18. The Morgan fingerprint density at radius 1 is 1.44 bits per heavy atom. The lowest BCUT2D eigenvalue weighted by Crippen LogP contribution is -2.53. The van der Waals surface area contributed by atoms with Crippen molar-refractivity contribution < 1.29 is 4.74 Å².